The fourth-order valence-electron chi connectivity index (χ4n) is 1.37. The Labute approximate surface area is 120 Å². The number of hydrogen-bond donors (Lipinski definition) is 2. The Hall–Kier alpha value is -1.56. The summed E-state index contributed by atoms with van der Waals surface area (Å²) in [4.78, 5) is 21.6. The van der Waals surface area contributed by atoms with Gasteiger partial charge in [-0.25, -0.2) is 0 Å². The van der Waals surface area contributed by atoms with E-state index in [0.29, 0.717) is 19.4 Å². The van der Waals surface area contributed by atoms with Gasteiger partial charge in [0.15, 0.2) is 0 Å². The number of carbonyl (C=O) groups excluding carboxylic acids is 1. The number of aliphatic carboxylic acids is 1. The molecule has 0 aliphatic carbocycles. The molecule has 19 heavy (non-hydrogen) atoms. The van der Waals surface area contributed by atoms with Crippen molar-refractivity contribution in [1.29, 1.82) is 0 Å². The summed E-state index contributed by atoms with van der Waals surface area (Å²) in [6, 6.07) is 7.50. The van der Waals surface area contributed by atoms with E-state index in [1.54, 1.807) is 0 Å². The largest absolute Gasteiger partial charge is 0.492 e. The first-order valence-electron chi connectivity index (χ1n) is 5.95. The van der Waals surface area contributed by atoms with Crippen molar-refractivity contribution >= 4 is 27.8 Å². The Balaban J connectivity index is 2.12. The SMILES string of the molecule is O=C(O)CCNC(=O)CCCOc1ccccc1Br. The number of ether oxygens (including phenoxy) is 1. The van der Waals surface area contributed by atoms with Gasteiger partial charge in [0.25, 0.3) is 0 Å². The molecule has 1 rings (SSSR count). The molecule has 1 aromatic carbocycles. The van der Waals surface area contributed by atoms with Crippen molar-refractivity contribution in [3.8, 4) is 5.75 Å². The van der Waals surface area contributed by atoms with Gasteiger partial charge in [-0.15, -0.1) is 0 Å². The molecule has 0 saturated heterocycles. The van der Waals surface area contributed by atoms with Crippen molar-refractivity contribution in [2.45, 2.75) is 19.3 Å². The Kier molecular flexibility index (Phi) is 6.95. The number of carbonyl (C=O) groups is 2. The van der Waals surface area contributed by atoms with E-state index in [9.17, 15) is 9.59 Å². The second-order valence-corrected chi connectivity index (χ2v) is 4.73. The zero-order valence-electron chi connectivity index (χ0n) is 10.4. The maximum Gasteiger partial charge on any atom is 0.305 e. The highest BCUT2D eigenvalue weighted by atomic mass is 79.9. The number of carboxylic acid groups (broad SMARTS) is 1. The van der Waals surface area contributed by atoms with E-state index in [4.69, 9.17) is 9.84 Å². The first-order chi connectivity index (χ1) is 9.09. The van der Waals surface area contributed by atoms with Gasteiger partial charge in [0.2, 0.25) is 5.91 Å². The molecule has 0 saturated carbocycles. The van der Waals surface area contributed by atoms with Gasteiger partial charge in [-0.2, -0.15) is 0 Å². The van der Waals surface area contributed by atoms with Crippen LogP contribution in [-0.4, -0.2) is 30.1 Å². The highest BCUT2D eigenvalue weighted by molar-refractivity contribution is 9.10. The number of halogens is 1. The van der Waals surface area contributed by atoms with Gasteiger partial charge >= 0.3 is 5.97 Å². The van der Waals surface area contributed by atoms with Crippen LogP contribution < -0.4 is 10.1 Å². The Morgan fingerprint density at radius 2 is 2.00 bits per heavy atom. The van der Waals surface area contributed by atoms with E-state index in [1.807, 2.05) is 24.3 Å². The molecule has 5 nitrogen and oxygen atoms in total. The average Bonchev–Trinajstić information content (AvgIpc) is 2.36. The quantitative estimate of drug-likeness (QED) is 0.717. The second-order valence-electron chi connectivity index (χ2n) is 3.88. The summed E-state index contributed by atoms with van der Waals surface area (Å²) in [6.45, 7) is 0.605. The van der Waals surface area contributed by atoms with E-state index in [-0.39, 0.29) is 18.9 Å². The molecule has 0 fully saturated rings. The summed E-state index contributed by atoms with van der Waals surface area (Å²) in [5.74, 6) is -0.330. The highest BCUT2D eigenvalue weighted by Crippen LogP contribution is 2.23. The average molecular weight is 330 g/mol. The summed E-state index contributed by atoms with van der Waals surface area (Å²) >= 11 is 3.37. The number of carboxylic acids is 1. The van der Waals surface area contributed by atoms with Crippen molar-refractivity contribution in [2.24, 2.45) is 0 Å². The van der Waals surface area contributed by atoms with Gasteiger partial charge in [-0.05, 0) is 34.5 Å². The molecule has 0 heterocycles. The third kappa shape index (κ3) is 6.81. The van der Waals surface area contributed by atoms with Crippen molar-refractivity contribution in [2.75, 3.05) is 13.2 Å². The van der Waals surface area contributed by atoms with Crippen molar-refractivity contribution in [1.82, 2.24) is 5.32 Å². The van der Waals surface area contributed by atoms with Crippen LogP contribution in [0.1, 0.15) is 19.3 Å². The van der Waals surface area contributed by atoms with Gasteiger partial charge < -0.3 is 15.2 Å². The van der Waals surface area contributed by atoms with E-state index >= 15 is 0 Å². The van der Waals surface area contributed by atoms with Gasteiger partial charge in [0, 0.05) is 13.0 Å². The standard InChI is InChI=1S/C13H16BrNO4/c14-10-4-1-2-5-11(10)19-9-3-6-12(16)15-8-7-13(17)18/h1-2,4-5H,3,6-9H2,(H,15,16)(H,17,18). The van der Waals surface area contributed by atoms with Crippen molar-refractivity contribution in [3.63, 3.8) is 0 Å². The first-order valence-corrected chi connectivity index (χ1v) is 6.74. The molecular formula is C13H16BrNO4. The minimum Gasteiger partial charge on any atom is -0.492 e. The van der Waals surface area contributed by atoms with E-state index < -0.39 is 5.97 Å². The van der Waals surface area contributed by atoms with Gasteiger partial charge in [-0.1, -0.05) is 12.1 Å². The van der Waals surface area contributed by atoms with Gasteiger partial charge in [-0.3, -0.25) is 9.59 Å². The molecule has 104 valence electrons. The molecule has 0 unspecified atom stereocenters. The lowest BCUT2D eigenvalue weighted by Gasteiger charge is -2.07. The van der Waals surface area contributed by atoms with Gasteiger partial charge in [0.05, 0.1) is 17.5 Å². The third-order valence-corrected chi connectivity index (χ3v) is 2.96. The summed E-state index contributed by atoms with van der Waals surface area (Å²) < 4.78 is 6.38. The lowest BCUT2D eigenvalue weighted by Crippen LogP contribution is -2.26. The third-order valence-electron chi connectivity index (χ3n) is 2.30. The van der Waals surface area contributed by atoms with Crippen LogP contribution in [0, 0.1) is 0 Å². The molecule has 0 aliphatic heterocycles. The highest BCUT2D eigenvalue weighted by Gasteiger charge is 2.03. The lowest BCUT2D eigenvalue weighted by molar-refractivity contribution is -0.136. The fourth-order valence-corrected chi connectivity index (χ4v) is 1.77. The predicted molar refractivity (Wildman–Crippen MR) is 74.1 cm³/mol. The molecule has 0 bridgehead atoms. The summed E-state index contributed by atoms with van der Waals surface area (Å²) in [7, 11) is 0. The molecule has 1 aromatic rings. The number of rotatable bonds is 8. The molecule has 0 spiro atoms. The topological polar surface area (TPSA) is 75.6 Å². The zero-order valence-corrected chi connectivity index (χ0v) is 12.0. The second kappa shape index (κ2) is 8.53. The lowest BCUT2D eigenvalue weighted by atomic mass is 10.3. The van der Waals surface area contributed by atoms with Crippen molar-refractivity contribution in [3.05, 3.63) is 28.7 Å². The fraction of sp³-hybridized carbons (Fsp3) is 0.385. The number of amides is 1. The van der Waals surface area contributed by atoms with Crippen LogP contribution >= 0.6 is 15.9 Å². The summed E-state index contributed by atoms with van der Waals surface area (Å²) in [5, 5.41) is 11.0. The molecule has 0 aliphatic rings. The summed E-state index contributed by atoms with van der Waals surface area (Å²) in [5.41, 5.74) is 0. The van der Waals surface area contributed by atoms with Crippen LogP contribution in [0.2, 0.25) is 0 Å². The van der Waals surface area contributed by atoms with Gasteiger partial charge in [0.1, 0.15) is 5.75 Å². The van der Waals surface area contributed by atoms with Crippen LogP contribution in [0.25, 0.3) is 0 Å². The number of para-hydroxylation sites is 1. The van der Waals surface area contributed by atoms with Crippen LogP contribution in [0.4, 0.5) is 0 Å². The van der Waals surface area contributed by atoms with Crippen LogP contribution in [0.5, 0.6) is 5.75 Å². The Morgan fingerprint density at radius 3 is 2.68 bits per heavy atom. The molecule has 0 aromatic heterocycles. The Bertz CT molecular complexity index is 436. The maximum atomic E-state index is 11.3. The monoisotopic (exact) mass is 329 g/mol. The maximum absolute atomic E-state index is 11.3. The Morgan fingerprint density at radius 1 is 1.26 bits per heavy atom. The number of benzene rings is 1. The molecule has 0 radical (unpaired) electrons. The molecule has 6 heteroatoms. The molecule has 2 N–H and O–H groups in total. The minimum absolute atomic E-state index is 0.0563. The zero-order chi connectivity index (χ0) is 14.1. The smallest absolute Gasteiger partial charge is 0.305 e. The van der Waals surface area contributed by atoms with Crippen LogP contribution in [-0.2, 0) is 9.59 Å². The predicted octanol–water partition coefficient (Wildman–Crippen LogP) is 2.20. The van der Waals surface area contributed by atoms with E-state index in [2.05, 4.69) is 21.2 Å². The molecule has 0 atom stereocenters. The molecule has 1 amide bonds. The minimum atomic E-state index is -0.919. The number of hydrogen-bond acceptors (Lipinski definition) is 3. The first kappa shape index (κ1) is 15.5. The number of nitrogens with one attached hydrogen (secondary N) is 1. The van der Waals surface area contributed by atoms with Crippen molar-refractivity contribution < 1.29 is 19.4 Å². The molecular weight excluding hydrogens is 314 g/mol. The van der Waals surface area contributed by atoms with Crippen LogP contribution in [0.15, 0.2) is 28.7 Å². The van der Waals surface area contributed by atoms with E-state index in [0.717, 1.165) is 10.2 Å². The van der Waals surface area contributed by atoms with Crippen LogP contribution in [0.3, 0.4) is 0 Å². The summed E-state index contributed by atoms with van der Waals surface area (Å²) in [6.07, 6.45) is 0.851. The van der Waals surface area contributed by atoms with E-state index in [1.165, 1.54) is 0 Å². The normalized spacial score (nSPS) is 9.95.